The normalized spacial score (nSPS) is 19.0. The number of hydrogen-bond donors (Lipinski definition) is 1. The third-order valence-corrected chi connectivity index (χ3v) is 7.04. The Morgan fingerprint density at radius 2 is 2.00 bits per heavy atom. The van der Waals surface area contributed by atoms with Crippen molar-refractivity contribution >= 4 is 39.9 Å². The Bertz CT molecular complexity index is 942. The lowest BCUT2D eigenvalue weighted by atomic mass is 9.70. The number of aromatic nitrogens is 1. The fourth-order valence-corrected chi connectivity index (χ4v) is 5.18. The van der Waals surface area contributed by atoms with Crippen LogP contribution in [0, 0.1) is 11.3 Å². The largest absolute Gasteiger partial charge is 0.461 e. The first-order chi connectivity index (χ1) is 15.1. The van der Waals surface area contributed by atoms with Crippen LogP contribution in [-0.2, 0) is 9.53 Å². The number of carbonyl (C=O) groups excluding carboxylic acids is 2. The van der Waals surface area contributed by atoms with Crippen LogP contribution in [0.4, 0.5) is 5.13 Å². The van der Waals surface area contributed by atoms with E-state index >= 15 is 0 Å². The number of likely N-dealkylation sites (tertiary alicyclic amines) is 1. The van der Waals surface area contributed by atoms with Gasteiger partial charge in [0, 0.05) is 23.5 Å². The molecule has 174 valence electrons. The number of nitrogens with zero attached hydrogens (tertiary/aromatic N) is 2. The minimum absolute atomic E-state index is 0.0644. The van der Waals surface area contributed by atoms with Gasteiger partial charge in [-0.25, -0.2) is 9.78 Å². The Labute approximate surface area is 199 Å². The predicted octanol–water partition coefficient (Wildman–Crippen LogP) is 5.45. The molecule has 3 rings (SSSR count). The number of piperidine rings is 1. The van der Waals surface area contributed by atoms with Crippen molar-refractivity contribution in [3.63, 3.8) is 0 Å². The summed E-state index contributed by atoms with van der Waals surface area (Å²) in [5.41, 5.74) is 1.46. The van der Waals surface area contributed by atoms with Crippen LogP contribution >= 0.6 is 22.9 Å². The van der Waals surface area contributed by atoms with Gasteiger partial charge in [0.15, 0.2) is 10.8 Å². The van der Waals surface area contributed by atoms with E-state index in [1.807, 2.05) is 30.9 Å². The molecule has 1 unspecified atom stereocenters. The Kier molecular flexibility index (Phi) is 7.83. The molecule has 0 spiro atoms. The Hall–Kier alpha value is -2.12. The molecule has 2 aromatic rings. The van der Waals surface area contributed by atoms with Crippen molar-refractivity contribution < 1.29 is 14.3 Å². The fourth-order valence-electron chi connectivity index (χ4n) is 4.34. The fraction of sp³-hybridized carbons (Fsp3) is 0.542. The number of anilines is 1. The SMILES string of the molecule is CCOC(=O)c1csc(N[C@@H](C(=O)N2CCC(c3ccc(Cl)cc3)C(C)(C)C2)C(C)C)n1. The van der Waals surface area contributed by atoms with Gasteiger partial charge in [-0.05, 0) is 48.3 Å². The number of thiazole rings is 1. The van der Waals surface area contributed by atoms with Crippen molar-refractivity contribution in [2.45, 2.75) is 53.0 Å². The molecular formula is C24H32ClN3O3S. The van der Waals surface area contributed by atoms with E-state index in [1.54, 1.807) is 12.3 Å². The highest BCUT2D eigenvalue weighted by Crippen LogP contribution is 2.42. The monoisotopic (exact) mass is 477 g/mol. The minimum Gasteiger partial charge on any atom is -0.461 e. The Morgan fingerprint density at radius 3 is 2.59 bits per heavy atom. The summed E-state index contributed by atoms with van der Waals surface area (Å²) in [7, 11) is 0. The van der Waals surface area contributed by atoms with Gasteiger partial charge in [-0.1, -0.05) is 51.4 Å². The molecule has 1 N–H and O–H groups in total. The highest BCUT2D eigenvalue weighted by molar-refractivity contribution is 7.13. The maximum Gasteiger partial charge on any atom is 0.357 e. The standard InChI is InChI=1S/C24H32ClN3O3S/c1-6-31-22(30)19-13-32-23(26-19)27-20(15(2)3)21(29)28-12-11-18(24(4,5)14-28)16-7-9-17(25)10-8-16/h7-10,13,15,18,20H,6,11-12,14H2,1-5H3,(H,26,27)/t18?,20-/m1/s1. The number of esters is 1. The molecule has 1 amide bonds. The minimum atomic E-state index is -0.449. The average molecular weight is 478 g/mol. The van der Waals surface area contributed by atoms with E-state index in [9.17, 15) is 9.59 Å². The average Bonchev–Trinajstić information content (AvgIpc) is 3.20. The first kappa shape index (κ1) is 24.5. The lowest BCUT2D eigenvalue weighted by Gasteiger charge is -2.45. The molecule has 8 heteroatoms. The van der Waals surface area contributed by atoms with Crippen LogP contribution in [-0.4, -0.2) is 47.5 Å². The third kappa shape index (κ3) is 5.62. The predicted molar refractivity (Wildman–Crippen MR) is 129 cm³/mol. The first-order valence-corrected chi connectivity index (χ1v) is 12.3. The second-order valence-electron chi connectivity index (χ2n) is 9.27. The van der Waals surface area contributed by atoms with Crippen molar-refractivity contribution in [2.24, 2.45) is 11.3 Å². The molecule has 0 saturated carbocycles. The summed E-state index contributed by atoms with van der Waals surface area (Å²) in [6, 6.07) is 7.63. The van der Waals surface area contributed by atoms with Crippen LogP contribution in [0.5, 0.6) is 0 Å². The van der Waals surface area contributed by atoms with E-state index in [2.05, 4.69) is 36.3 Å². The lowest BCUT2D eigenvalue weighted by molar-refractivity contribution is -0.136. The number of halogens is 1. The molecular weight excluding hydrogens is 446 g/mol. The third-order valence-electron chi connectivity index (χ3n) is 6.01. The molecule has 1 aliphatic rings. The zero-order chi connectivity index (χ0) is 23.5. The number of nitrogens with one attached hydrogen (secondary N) is 1. The van der Waals surface area contributed by atoms with Crippen molar-refractivity contribution in [2.75, 3.05) is 25.0 Å². The zero-order valence-electron chi connectivity index (χ0n) is 19.4. The van der Waals surface area contributed by atoms with Crippen molar-refractivity contribution in [1.29, 1.82) is 0 Å². The van der Waals surface area contributed by atoms with E-state index in [1.165, 1.54) is 16.9 Å². The van der Waals surface area contributed by atoms with Crippen LogP contribution in [0.3, 0.4) is 0 Å². The molecule has 6 nitrogen and oxygen atoms in total. The van der Waals surface area contributed by atoms with E-state index in [4.69, 9.17) is 16.3 Å². The van der Waals surface area contributed by atoms with Gasteiger partial charge >= 0.3 is 5.97 Å². The summed E-state index contributed by atoms with van der Waals surface area (Å²) in [6.07, 6.45) is 0.898. The van der Waals surface area contributed by atoms with Gasteiger partial charge in [0.25, 0.3) is 0 Å². The van der Waals surface area contributed by atoms with Gasteiger partial charge < -0.3 is 15.0 Å². The van der Waals surface area contributed by atoms with Gasteiger partial charge in [-0.3, -0.25) is 4.79 Å². The summed E-state index contributed by atoms with van der Waals surface area (Å²) in [4.78, 5) is 31.7. The quantitative estimate of drug-likeness (QED) is 0.536. The molecule has 1 aromatic carbocycles. The van der Waals surface area contributed by atoms with Crippen molar-refractivity contribution in [3.8, 4) is 0 Å². The first-order valence-electron chi connectivity index (χ1n) is 11.1. The van der Waals surface area contributed by atoms with E-state index in [0.717, 1.165) is 11.4 Å². The van der Waals surface area contributed by atoms with Gasteiger partial charge in [0.2, 0.25) is 5.91 Å². The van der Waals surface area contributed by atoms with Crippen LogP contribution in [0.15, 0.2) is 29.6 Å². The van der Waals surface area contributed by atoms with Crippen LogP contribution in [0.1, 0.15) is 63.0 Å². The number of hydrogen-bond acceptors (Lipinski definition) is 6. The summed E-state index contributed by atoms with van der Waals surface area (Å²) in [5, 5.41) is 6.20. The van der Waals surface area contributed by atoms with Crippen LogP contribution in [0.2, 0.25) is 5.02 Å². The van der Waals surface area contributed by atoms with E-state index in [-0.39, 0.29) is 22.9 Å². The zero-order valence-corrected chi connectivity index (χ0v) is 20.9. The second kappa shape index (κ2) is 10.2. The molecule has 1 aliphatic heterocycles. The smallest absolute Gasteiger partial charge is 0.357 e. The van der Waals surface area contributed by atoms with Gasteiger partial charge in [-0.15, -0.1) is 11.3 Å². The van der Waals surface area contributed by atoms with E-state index in [0.29, 0.717) is 30.7 Å². The van der Waals surface area contributed by atoms with Crippen LogP contribution < -0.4 is 5.32 Å². The lowest BCUT2D eigenvalue weighted by Crippen LogP contribution is -2.53. The molecule has 1 saturated heterocycles. The Balaban J connectivity index is 1.70. The number of rotatable bonds is 7. The number of amides is 1. The van der Waals surface area contributed by atoms with Gasteiger partial charge in [0.05, 0.1) is 6.61 Å². The van der Waals surface area contributed by atoms with Gasteiger partial charge in [0.1, 0.15) is 6.04 Å². The molecule has 1 aromatic heterocycles. The maximum atomic E-state index is 13.5. The molecule has 32 heavy (non-hydrogen) atoms. The summed E-state index contributed by atoms with van der Waals surface area (Å²) < 4.78 is 5.01. The molecule has 1 fully saturated rings. The Morgan fingerprint density at radius 1 is 1.31 bits per heavy atom. The summed E-state index contributed by atoms with van der Waals surface area (Å²) >= 11 is 7.37. The molecule has 0 aliphatic carbocycles. The van der Waals surface area contributed by atoms with Gasteiger partial charge in [-0.2, -0.15) is 0 Å². The highest BCUT2D eigenvalue weighted by Gasteiger charge is 2.40. The number of carbonyl (C=O) groups is 2. The highest BCUT2D eigenvalue weighted by atomic mass is 35.5. The molecule has 0 radical (unpaired) electrons. The number of ether oxygens (including phenoxy) is 1. The summed E-state index contributed by atoms with van der Waals surface area (Å²) in [5.74, 6) is 0.0423. The molecule has 2 atom stereocenters. The number of benzene rings is 1. The van der Waals surface area contributed by atoms with Crippen molar-refractivity contribution in [1.82, 2.24) is 9.88 Å². The molecule has 0 bridgehead atoms. The maximum absolute atomic E-state index is 13.5. The molecule has 2 heterocycles. The van der Waals surface area contributed by atoms with Crippen molar-refractivity contribution in [3.05, 3.63) is 45.9 Å². The topological polar surface area (TPSA) is 71.5 Å². The summed E-state index contributed by atoms with van der Waals surface area (Å²) in [6.45, 7) is 11.9. The van der Waals surface area contributed by atoms with E-state index < -0.39 is 12.0 Å². The second-order valence-corrected chi connectivity index (χ2v) is 10.6. The van der Waals surface area contributed by atoms with Crippen LogP contribution in [0.25, 0.3) is 0 Å².